The lowest BCUT2D eigenvalue weighted by Crippen LogP contribution is -2.25. The summed E-state index contributed by atoms with van der Waals surface area (Å²) in [5.74, 6) is -0.928. The number of aliphatic carboxylic acids is 1. The second-order valence-electron chi connectivity index (χ2n) is 3.42. The van der Waals surface area contributed by atoms with Crippen molar-refractivity contribution < 1.29 is 14.1 Å². The molecule has 1 heterocycles. The van der Waals surface area contributed by atoms with Crippen molar-refractivity contribution in [2.45, 2.75) is 24.3 Å². The highest BCUT2D eigenvalue weighted by Gasteiger charge is 2.22. The third-order valence-corrected chi connectivity index (χ3v) is 4.00. The summed E-state index contributed by atoms with van der Waals surface area (Å²) >= 11 is 0. The van der Waals surface area contributed by atoms with E-state index in [-0.39, 0.29) is 11.4 Å². The second kappa shape index (κ2) is 6.11. The largest absolute Gasteiger partial charge is 0.480 e. The van der Waals surface area contributed by atoms with Gasteiger partial charge in [0, 0.05) is 22.7 Å². The molecule has 0 spiro atoms. The van der Waals surface area contributed by atoms with Crippen LogP contribution in [0.2, 0.25) is 0 Å². The number of hydrogen-bond acceptors (Lipinski definition) is 4. The van der Waals surface area contributed by atoms with Gasteiger partial charge in [0.05, 0.1) is 0 Å². The number of aromatic nitrogens is 1. The van der Waals surface area contributed by atoms with Crippen LogP contribution in [0.1, 0.15) is 24.6 Å². The Morgan fingerprint density at radius 1 is 1.71 bits per heavy atom. The van der Waals surface area contributed by atoms with Crippen LogP contribution < -0.4 is 0 Å². The van der Waals surface area contributed by atoms with Crippen molar-refractivity contribution in [2.75, 3.05) is 0 Å². The van der Waals surface area contributed by atoms with Crippen LogP contribution in [0.25, 0.3) is 0 Å². The van der Waals surface area contributed by atoms with Crippen molar-refractivity contribution in [2.24, 2.45) is 0 Å². The highest BCUT2D eigenvalue weighted by atomic mass is 32.2. The highest BCUT2D eigenvalue weighted by molar-refractivity contribution is 7.85. The van der Waals surface area contributed by atoms with Gasteiger partial charge in [0.1, 0.15) is 17.0 Å². The standard InChI is InChI=1S/C11H12N2O3S/c1-2-10(11(14)15)17(16)7-8-3-4-13-9(5-8)6-12/h3-5,10H,2,7H2,1H3,(H,14,15). The molecule has 2 atom stereocenters. The van der Waals surface area contributed by atoms with Gasteiger partial charge in [0.15, 0.2) is 0 Å². The van der Waals surface area contributed by atoms with Crippen LogP contribution in [0.15, 0.2) is 18.3 Å². The van der Waals surface area contributed by atoms with Gasteiger partial charge in [-0.2, -0.15) is 5.26 Å². The fourth-order valence-corrected chi connectivity index (χ4v) is 2.67. The molecular weight excluding hydrogens is 240 g/mol. The summed E-state index contributed by atoms with van der Waals surface area (Å²) in [5, 5.41) is 16.7. The molecule has 5 nitrogen and oxygen atoms in total. The molecule has 6 heteroatoms. The second-order valence-corrected chi connectivity index (χ2v) is 5.04. The van der Waals surface area contributed by atoms with Gasteiger partial charge >= 0.3 is 5.97 Å². The number of hydrogen-bond donors (Lipinski definition) is 1. The average Bonchev–Trinajstić information content (AvgIpc) is 2.29. The van der Waals surface area contributed by atoms with E-state index < -0.39 is 22.0 Å². The fourth-order valence-electron chi connectivity index (χ4n) is 1.36. The van der Waals surface area contributed by atoms with E-state index in [1.807, 2.05) is 6.07 Å². The van der Waals surface area contributed by atoms with E-state index in [1.165, 1.54) is 12.3 Å². The Labute approximate surface area is 102 Å². The predicted octanol–water partition coefficient (Wildman–Crippen LogP) is 1.07. The van der Waals surface area contributed by atoms with Crippen molar-refractivity contribution in [1.29, 1.82) is 5.26 Å². The summed E-state index contributed by atoms with van der Waals surface area (Å²) in [6.45, 7) is 1.68. The number of carboxylic acid groups (broad SMARTS) is 1. The molecule has 0 saturated heterocycles. The number of nitriles is 1. The van der Waals surface area contributed by atoms with E-state index in [4.69, 9.17) is 10.4 Å². The zero-order valence-electron chi connectivity index (χ0n) is 9.29. The smallest absolute Gasteiger partial charge is 0.319 e. The molecule has 1 aromatic rings. The van der Waals surface area contributed by atoms with E-state index in [1.54, 1.807) is 13.0 Å². The Morgan fingerprint density at radius 2 is 2.41 bits per heavy atom. The first-order valence-electron chi connectivity index (χ1n) is 5.03. The van der Waals surface area contributed by atoms with Gasteiger partial charge < -0.3 is 5.11 Å². The quantitative estimate of drug-likeness (QED) is 0.846. The van der Waals surface area contributed by atoms with Crippen LogP contribution in [0.5, 0.6) is 0 Å². The SMILES string of the molecule is CCC(C(=O)O)S(=O)Cc1ccnc(C#N)c1. The van der Waals surface area contributed by atoms with Crippen LogP contribution in [0, 0.1) is 11.3 Å². The molecule has 1 aromatic heterocycles. The summed E-state index contributed by atoms with van der Waals surface area (Å²) in [5.41, 5.74) is 0.900. The molecule has 0 amide bonds. The fraction of sp³-hybridized carbons (Fsp3) is 0.364. The lowest BCUT2D eigenvalue weighted by molar-refractivity contribution is -0.136. The van der Waals surface area contributed by atoms with Gasteiger partial charge in [-0.25, -0.2) is 4.98 Å². The van der Waals surface area contributed by atoms with E-state index in [0.29, 0.717) is 12.0 Å². The summed E-state index contributed by atoms with van der Waals surface area (Å²) in [6, 6.07) is 5.03. The van der Waals surface area contributed by atoms with Crippen molar-refractivity contribution in [3.05, 3.63) is 29.6 Å². The van der Waals surface area contributed by atoms with Gasteiger partial charge in [0.2, 0.25) is 0 Å². The minimum atomic E-state index is -1.49. The van der Waals surface area contributed by atoms with Gasteiger partial charge in [-0.1, -0.05) is 6.92 Å². The Hall–Kier alpha value is -1.74. The molecule has 0 saturated carbocycles. The zero-order chi connectivity index (χ0) is 12.8. The number of pyridine rings is 1. The van der Waals surface area contributed by atoms with Gasteiger partial charge in [-0.05, 0) is 24.1 Å². The topological polar surface area (TPSA) is 91.0 Å². The van der Waals surface area contributed by atoms with Crippen molar-refractivity contribution in [3.63, 3.8) is 0 Å². The van der Waals surface area contributed by atoms with Crippen LogP contribution in [0.3, 0.4) is 0 Å². The molecule has 0 radical (unpaired) electrons. The third-order valence-electron chi connectivity index (χ3n) is 2.21. The lowest BCUT2D eigenvalue weighted by Gasteiger charge is -2.09. The first kappa shape index (κ1) is 13.3. The molecule has 0 aliphatic heterocycles. The van der Waals surface area contributed by atoms with Gasteiger partial charge in [-0.15, -0.1) is 0 Å². The van der Waals surface area contributed by atoms with Crippen molar-refractivity contribution >= 4 is 16.8 Å². The average molecular weight is 252 g/mol. The Morgan fingerprint density at radius 3 is 2.94 bits per heavy atom. The maximum absolute atomic E-state index is 11.8. The van der Waals surface area contributed by atoms with E-state index in [9.17, 15) is 9.00 Å². The number of rotatable bonds is 5. The van der Waals surface area contributed by atoms with E-state index in [2.05, 4.69) is 4.98 Å². The first-order chi connectivity index (χ1) is 8.08. The lowest BCUT2D eigenvalue weighted by atomic mass is 10.2. The van der Waals surface area contributed by atoms with Gasteiger partial charge in [0.25, 0.3) is 0 Å². The molecule has 0 aliphatic rings. The van der Waals surface area contributed by atoms with Crippen LogP contribution in [-0.2, 0) is 21.3 Å². The molecule has 0 fully saturated rings. The van der Waals surface area contributed by atoms with E-state index in [0.717, 1.165) is 0 Å². The normalized spacial score (nSPS) is 13.6. The van der Waals surface area contributed by atoms with Crippen LogP contribution >= 0.6 is 0 Å². The van der Waals surface area contributed by atoms with E-state index >= 15 is 0 Å². The van der Waals surface area contributed by atoms with Gasteiger partial charge in [-0.3, -0.25) is 9.00 Å². The molecule has 0 bridgehead atoms. The molecule has 1 N–H and O–H groups in total. The predicted molar refractivity (Wildman–Crippen MR) is 62.5 cm³/mol. The Bertz CT molecular complexity index is 482. The maximum atomic E-state index is 11.8. The summed E-state index contributed by atoms with van der Waals surface area (Å²) in [6.07, 6.45) is 1.77. The summed E-state index contributed by atoms with van der Waals surface area (Å²) < 4.78 is 11.8. The third kappa shape index (κ3) is 3.64. The molecule has 17 heavy (non-hydrogen) atoms. The first-order valence-corrected chi connectivity index (χ1v) is 6.41. The molecule has 90 valence electrons. The Balaban J connectivity index is 2.80. The molecule has 0 aliphatic carbocycles. The minimum absolute atomic E-state index is 0.127. The minimum Gasteiger partial charge on any atom is -0.480 e. The number of carboxylic acids is 1. The summed E-state index contributed by atoms with van der Waals surface area (Å²) in [7, 11) is -1.49. The Kier molecular flexibility index (Phi) is 4.79. The monoisotopic (exact) mass is 252 g/mol. The maximum Gasteiger partial charge on any atom is 0.319 e. The molecule has 1 rings (SSSR count). The molecular formula is C11H12N2O3S. The number of carbonyl (C=O) groups is 1. The molecule has 2 unspecified atom stereocenters. The summed E-state index contributed by atoms with van der Waals surface area (Å²) in [4.78, 5) is 14.6. The van der Waals surface area contributed by atoms with Crippen molar-refractivity contribution in [1.82, 2.24) is 4.98 Å². The van der Waals surface area contributed by atoms with Crippen molar-refractivity contribution in [3.8, 4) is 6.07 Å². The highest BCUT2D eigenvalue weighted by Crippen LogP contribution is 2.10. The van der Waals surface area contributed by atoms with Crippen LogP contribution in [0.4, 0.5) is 0 Å². The van der Waals surface area contributed by atoms with Crippen LogP contribution in [-0.4, -0.2) is 25.5 Å². The zero-order valence-corrected chi connectivity index (χ0v) is 10.1. The number of nitrogens with zero attached hydrogens (tertiary/aromatic N) is 2. The molecule has 0 aromatic carbocycles.